The zero-order chi connectivity index (χ0) is 21.9. The third-order valence-electron chi connectivity index (χ3n) is 3.54. The summed E-state index contributed by atoms with van der Waals surface area (Å²) in [6, 6.07) is -1.87. The molecule has 0 saturated heterocycles. The highest BCUT2D eigenvalue weighted by atomic mass is 16.6. The van der Waals surface area contributed by atoms with Crippen LogP contribution >= 0.6 is 0 Å². The second-order valence-corrected chi connectivity index (χ2v) is 7.85. The van der Waals surface area contributed by atoms with Gasteiger partial charge in [0.05, 0.1) is 6.61 Å². The molecule has 9 heteroatoms. The molecule has 0 saturated carbocycles. The number of hydrogen-bond acceptors (Lipinski definition) is 6. The van der Waals surface area contributed by atoms with E-state index in [0.717, 1.165) is 0 Å². The summed E-state index contributed by atoms with van der Waals surface area (Å²) in [6.07, 6.45) is -0.221. The van der Waals surface area contributed by atoms with Crippen LogP contribution in [0, 0.1) is 5.92 Å². The van der Waals surface area contributed by atoms with E-state index in [1.807, 2.05) is 13.8 Å². The molecule has 0 aromatic rings. The van der Waals surface area contributed by atoms with E-state index < -0.39 is 35.7 Å². The average Bonchev–Trinajstić information content (AvgIpc) is 2.55. The molecule has 0 unspecified atom stereocenters. The van der Waals surface area contributed by atoms with Gasteiger partial charge in [0.25, 0.3) is 0 Å². The summed E-state index contributed by atoms with van der Waals surface area (Å²) in [6.45, 7) is 10.8. The molecule has 3 amide bonds. The molecule has 0 aliphatic carbocycles. The first-order chi connectivity index (χ1) is 12.9. The first-order valence-electron chi connectivity index (χ1n) is 9.56. The maximum atomic E-state index is 12.7. The van der Waals surface area contributed by atoms with Gasteiger partial charge in [0.2, 0.25) is 11.8 Å². The minimum absolute atomic E-state index is 0.0502. The van der Waals surface area contributed by atoms with Gasteiger partial charge in [0.15, 0.2) is 0 Å². The number of rotatable bonds is 10. The van der Waals surface area contributed by atoms with E-state index in [1.165, 1.54) is 7.05 Å². The summed E-state index contributed by atoms with van der Waals surface area (Å²) in [7, 11) is 1.49. The number of amides is 3. The van der Waals surface area contributed by atoms with Gasteiger partial charge < -0.3 is 25.4 Å². The van der Waals surface area contributed by atoms with Gasteiger partial charge >= 0.3 is 12.1 Å². The number of alkyl carbamates (subject to hydrolysis) is 1. The van der Waals surface area contributed by atoms with Crippen LogP contribution in [0.15, 0.2) is 0 Å². The highest BCUT2D eigenvalue weighted by molar-refractivity contribution is 5.90. The lowest BCUT2D eigenvalue weighted by Gasteiger charge is -2.25. The Balaban J connectivity index is 5.18. The number of carbonyl (C=O) groups excluding carboxylic acids is 4. The second kappa shape index (κ2) is 12.2. The third-order valence-corrected chi connectivity index (χ3v) is 3.54. The van der Waals surface area contributed by atoms with E-state index in [2.05, 4.69) is 16.0 Å². The number of carbonyl (C=O) groups is 4. The molecular formula is C19H35N3O6. The summed E-state index contributed by atoms with van der Waals surface area (Å²) < 4.78 is 10.2. The molecule has 0 aromatic carbocycles. The fourth-order valence-corrected chi connectivity index (χ4v) is 2.32. The van der Waals surface area contributed by atoms with E-state index in [4.69, 9.17) is 9.47 Å². The fraction of sp³-hybridized carbons (Fsp3) is 0.789. The van der Waals surface area contributed by atoms with E-state index in [0.29, 0.717) is 6.42 Å². The Kier molecular flexibility index (Phi) is 11.2. The predicted molar refractivity (Wildman–Crippen MR) is 104 cm³/mol. The van der Waals surface area contributed by atoms with Crippen molar-refractivity contribution < 1.29 is 28.7 Å². The molecule has 3 N–H and O–H groups in total. The normalized spacial score (nSPS) is 13.3. The van der Waals surface area contributed by atoms with Crippen molar-refractivity contribution in [1.29, 1.82) is 0 Å². The van der Waals surface area contributed by atoms with E-state index in [9.17, 15) is 19.2 Å². The average molecular weight is 402 g/mol. The van der Waals surface area contributed by atoms with Crippen LogP contribution < -0.4 is 16.0 Å². The molecule has 0 bridgehead atoms. The Labute approximate surface area is 167 Å². The Morgan fingerprint density at radius 2 is 1.61 bits per heavy atom. The molecule has 0 heterocycles. The van der Waals surface area contributed by atoms with Crippen molar-refractivity contribution in [3.63, 3.8) is 0 Å². The molecular weight excluding hydrogens is 366 g/mol. The Bertz CT molecular complexity index is 542. The van der Waals surface area contributed by atoms with Crippen molar-refractivity contribution in [1.82, 2.24) is 16.0 Å². The molecule has 0 aromatic heterocycles. The van der Waals surface area contributed by atoms with Crippen LogP contribution in [0.25, 0.3) is 0 Å². The third kappa shape index (κ3) is 11.4. The second-order valence-electron chi connectivity index (χ2n) is 7.85. The molecule has 0 aliphatic heterocycles. The SMILES string of the molecule is CCOC(=O)[C@H](CCC(=O)NC)NC(=O)[C@H](CC(C)C)NC(=O)OC(C)(C)C. The van der Waals surface area contributed by atoms with Crippen LogP contribution in [0.5, 0.6) is 0 Å². The topological polar surface area (TPSA) is 123 Å². The van der Waals surface area contributed by atoms with Gasteiger partial charge in [-0.3, -0.25) is 9.59 Å². The Morgan fingerprint density at radius 1 is 1.00 bits per heavy atom. The summed E-state index contributed by atoms with van der Waals surface area (Å²) in [5.74, 6) is -1.30. The Hall–Kier alpha value is -2.32. The summed E-state index contributed by atoms with van der Waals surface area (Å²) in [4.78, 5) is 48.4. The van der Waals surface area contributed by atoms with Crippen LogP contribution in [0.3, 0.4) is 0 Å². The van der Waals surface area contributed by atoms with E-state index >= 15 is 0 Å². The van der Waals surface area contributed by atoms with Crippen molar-refractivity contribution in [3.8, 4) is 0 Å². The largest absolute Gasteiger partial charge is 0.464 e. The van der Waals surface area contributed by atoms with Gasteiger partial charge in [-0.25, -0.2) is 9.59 Å². The van der Waals surface area contributed by atoms with Gasteiger partial charge in [-0.15, -0.1) is 0 Å². The number of esters is 1. The predicted octanol–water partition coefficient (Wildman–Crippen LogP) is 1.50. The minimum Gasteiger partial charge on any atom is -0.464 e. The molecule has 162 valence electrons. The van der Waals surface area contributed by atoms with Crippen molar-refractivity contribution in [2.75, 3.05) is 13.7 Å². The van der Waals surface area contributed by atoms with Gasteiger partial charge in [-0.05, 0) is 46.5 Å². The quantitative estimate of drug-likeness (QED) is 0.477. The standard InChI is InChI=1S/C19H35N3O6/c1-8-27-17(25)13(9-10-15(23)20-7)21-16(24)14(11-12(2)3)22-18(26)28-19(4,5)6/h12-14H,8-11H2,1-7H3,(H,20,23)(H,21,24)(H,22,26)/t13-,14-/m0/s1. The van der Waals surface area contributed by atoms with Gasteiger partial charge in [-0.1, -0.05) is 13.8 Å². The smallest absolute Gasteiger partial charge is 0.408 e. The maximum Gasteiger partial charge on any atom is 0.408 e. The van der Waals surface area contributed by atoms with Gasteiger partial charge in [0, 0.05) is 13.5 Å². The van der Waals surface area contributed by atoms with Gasteiger partial charge in [0.1, 0.15) is 17.7 Å². The van der Waals surface area contributed by atoms with Crippen LogP contribution in [0.1, 0.15) is 60.8 Å². The zero-order valence-electron chi connectivity index (χ0n) is 18.0. The summed E-state index contributed by atoms with van der Waals surface area (Å²) >= 11 is 0. The van der Waals surface area contributed by atoms with Crippen molar-refractivity contribution in [2.45, 2.75) is 78.5 Å². The lowest BCUT2D eigenvalue weighted by atomic mass is 10.0. The van der Waals surface area contributed by atoms with E-state index in [-0.39, 0.29) is 31.3 Å². The van der Waals surface area contributed by atoms with Crippen molar-refractivity contribution in [3.05, 3.63) is 0 Å². The number of ether oxygens (including phenoxy) is 2. The lowest BCUT2D eigenvalue weighted by Crippen LogP contribution is -2.53. The first kappa shape index (κ1) is 25.7. The van der Waals surface area contributed by atoms with Crippen LogP contribution in [-0.2, 0) is 23.9 Å². The lowest BCUT2D eigenvalue weighted by molar-refractivity contribution is -0.148. The van der Waals surface area contributed by atoms with Crippen LogP contribution in [0.2, 0.25) is 0 Å². The van der Waals surface area contributed by atoms with Crippen molar-refractivity contribution >= 4 is 23.9 Å². The maximum absolute atomic E-state index is 12.7. The van der Waals surface area contributed by atoms with Crippen molar-refractivity contribution in [2.24, 2.45) is 5.92 Å². The summed E-state index contributed by atoms with van der Waals surface area (Å²) in [5.41, 5.74) is -0.704. The molecule has 0 rings (SSSR count). The fourth-order valence-electron chi connectivity index (χ4n) is 2.32. The number of nitrogens with one attached hydrogen (secondary N) is 3. The molecule has 0 fully saturated rings. The first-order valence-corrected chi connectivity index (χ1v) is 9.56. The van der Waals surface area contributed by atoms with Crippen LogP contribution in [0.4, 0.5) is 4.79 Å². The van der Waals surface area contributed by atoms with Crippen LogP contribution in [-0.4, -0.2) is 55.2 Å². The molecule has 28 heavy (non-hydrogen) atoms. The highest BCUT2D eigenvalue weighted by Gasteiger charge is 2.29. The zero-order valence-corrected chi connectivity index (χ0v) is 18.0. The molecule has 0 aliphatic rings. The molecule has 9 nitrogen and oxygen atoms in total. The summed E-state index contributed by atoms with van der Waals surface area (Å²) in [5, 5.41) is 7.61. The van der Waals surface area contributed by atoms with Gasteiger partial charge in [-0.2, -0.15) is 0 Å². The monoisotopic (exact) mass is 401 g/mol. The van der Waals surface area contributed by atoms with E-state index in [1.54, 1.807) is 27.7 Å². The Morgan fingerprint density at radius 3 is 2.07 bits per heavy atom. The number of hydrogen-bond donors (Lipinski definition) is 3. The molecule has 0 radical (unpaired) electrons. The molecule has 0 spiro atoms. The highest BCUT2D eigenvalue weighted by Crippen LogP contribution is 2.10. The minimum atomic E-state index is -0.986. The molecule has 2 atom stereocenters.